The lowest BCUT2D eigenvalue weighted by molar-refractivity contribution is 0.0148. The van der Waals surface area contributed by atoms with Crippen LogP contribution in [-0.4, -0.2) is 0 Å². The largest absolute Gasteiger partial charge is 0.0599 e. The lowest BCUT2D eigenvalue weighted by Crippen LogP contribution is -2.39. The van der Waals surface area contributed by atoms with Gasteiger partial charge in [0.2, 0.25) is 0 Å². The zero-order chi connectivity index (χ0) is 26.8. The number of hydrogen-bond donors (Lipinski definition) is 0. The Hall–Kier alpha value is 0. The van der Waals surface area contributed by atoms with Crippen molar-refractivity contribution < 1.29 is 0 Å². The monoisotopic (exact) mass is 501 g/mol. The van der Waals surface area contributed by atoms with Crippen molar-refractivity contribution in [3.63, 3.8) is 0 Å². The maximum absolute atomic E-state index is 2.58. The molecule has 0 bridgehead atoms. The molecule has 0 aromatic heterocycles. The maximum Gasteiger partial charge on any atom is -0.0298 e. The van der Waals surface area contributed by atoms with Crippen LogP contribution in [0.2, 0.25) is 0 Å². The fourth-order valence-corrected chi connectivity index (χ4v) is 8.48. The van der Waals surface area contributed by atoms with Gasteiger partial charge < -0.3 is 0 Å². The molecule has 0 aromatic carbocycles. The van der Waals surface area contributed by atoms with E-state index in [1.54, 1.807) is 6.42 Å². The van der Waals surface area contributed by atoms with Crippen LogP contribution >= 0.6 is 0 Å². The van der Waals surface area contributed by atoms with Gasteiger partial charge in [-0.3, -0.25) is 0 Å². The zero-order valence-corrected chi connectivity index (χ0v) is 26.8. The van der Waals surface area contributed by atoms with Crippen molar-refractivity contribution in [2.45, 2.75) is 178 Å². The van der Waals surface area contributed by atoms with Crippen molar-refractivity contribution in [2.75, 3.05) is 0 Å². The van der Waals surface area contributed by atoms with E-state index in [4.69, 9.17) is 0 Å². The molecule has 36 heavy (non-hydrogen) atoms. The van der Waals surface area contributed by atoms with Crippen molar-refractivity contribution in [3.8, 4) is 0 Å². The van der Waals surface area contributed by atoms with Gasteiger partial charge >= 0.3 is 0 Å². The molecule has 4 saturated carbocycles. The summed E-state index contributed by atoms with van der Waals surface area (Å²) in [6.07, 6.45) is 25.1. The van der Waals surface area contributed by atoms with E-state index < -0.39 is 0 Å². The predicted octanol–water partition coefficient (Wildman–Crippen LogP) is 12.3. The highest BCUT2D eigenvalue weighted by molar-refractivity contribution is 4.93. The van der Waals surface area contributed by atoms with E-state index >= 15 is 0 Å². The van der Waals surface area contributed by atoms with Crippen LogP contribution in [0, 0.1) is 50.7 Å². The van der Waals surface area contributed by atoms with E-state index in [2.05, 4.69) is 69.2 Å². The first-order valence-electron chi connectivity index (χ1n) is 16.5. The van der Waals surface area contributed by atoms with Gasteiger partial charge in [0, 0.05) is 0 Å². The van der Waals surface area contributed by atoms with Gasteiger partial charge in [-0.15, -0.1) is 0 Å². The predicted molar refractivity (Wildman–Crippen MR) is 161 cm³/mol. The summed E-state index contributed by atoms with van der Waals surface area (Å²) in [6.45, 7) is 24.8. The topological polar surface area (TPSA) is 0 Å². The van der Waals surface area contributed by atoms with Gasteiger partial charge in [0.05, 0.1) is 0 Å². The molecule has 0 saturated heterocycles. The standard InChI is InChI=1S/C19H36.C17H32/c1-17(2)11-7-15(8-12-17)19(5,6)16-9-13-18(3,4)14-10-16;1-16(2)9-5-14(6-10-16)13-15-7-11-17(3,4)12-8-15/h15-16H,7-14H2,1-6H3;14-15H,5-13H2,1-4H3. The molecule has 4 fully saturated rings. The Labute approximate surface area is 228 Å². The smallest absolute Gasteiger partial charge is 0.0298 e. The average Bonchev–Trinajstić information content (AvgIpc) is 2.76. The minimum atomic E-state index is 0.576. The molecule has 0 aromatic rings. The van der Waals surface area contributed by atoms with Crippen LogP contribution in [0.15, 0.2) is 0 Å². The van der Waals surface area contributed by atoms with Gasteiger partial charge in [-0.1, -0.05) is 69.2 Å². The fraction of sp³-hybridized carbons (Fsp3) is 1.00. The molecular weight excluding hydrogens is 432 g/mol. The van der Waals surface area contributed by atoms with Crippen LogP contribution in [-0.2, 0) is 0 Å². The molecule has 0 atom stereocenters. The second-order valence-electron chi connectivity index (χ2n) is 18.1. The second-order valence-corrected chi connectivity index (χ2v) is 18.1. The molecule has 0 heterocycles. The molecule has 0 amide bonds. The van der Waals surface area contributed by atoms with Gasteiger partial charge in [0.15, 0.2) is 0 Å². The molecule has 0 N–H and O–H groups in total. The maximum atomic E-state index is 2.58. The van der Waals surface area contributed by atoms with Crippen LogP contribution in [0.4, 0.5) is 0 Å². The summed E-state index contributed by atoms with van der Waals surface area (Å²) in [5.74, 6) is 4.09. The van der Waals surface area contributed by atoms with Crippen molar-refractivity contribution in [1.29, 1.82) is 0 Å². The minimum Gasteiger partial charge on any atom is -0.0599 e. The Morgan fingerprint density at radius 3 is 0.889 bits per heavy atom. The van der Waals surface area contributed by atoms with E-state index in [0.29, 0.717) is 27.1 Å². The highest BCUT2D eigenvalue weighted by atomic mass is 14.5. The van der Waals surface area contributed by atoms with Crippen LogP contribution in [0.5, 0.6) is 0 Å². The lowest BCUT2D eigenvalue weighted by Gasteiger charge is -2.49. The molecular formula is C36H68. The van der Waals surface area contributed by atoms with Gasteiger partial charge in [-0.25, -0.2) is 0 Å². The molecule has 4 aliphatic rings. The Morgan fingerprint density at radius 2 is 0.639 bits per heavy atom. The van der Waals surface area contributed by atoms with Crippen molar-refractivity contribution in [1.82, 2.24) is 0 Å². The molecule has 212 valence electrons. The number of hydrogen-bond acceptors (Lipinski definition) is 0. The molecule has 0 unspecified atom stereocenters. The van der Waals surface area contributed by atoms with E-state index in [0.717, 1.165) is 23.7 Å². The Morgan fingerprint density at radius 1 is 0.417 bits per heavy atom. The molecule has 0 radical (unpaired) electrons. The first-order valence-corrected chi connectivity index (χ1v) is 16.5. The normalized spacial score (nSPS) is 29.8. The molecule has 0 nitrogen and oxygen atoms in total. The van der Waals surface area contributed by atoms with Gasteiger partial charge in [0.1, 0.15) is 0 Å². The van der Waals surface area contributed by atoms with Crippen molar-refractivity contribution in [3.05, 3.63) is 0 Å². The highest BCUT2D eigenvalue weighted by Crippen LogP contribution is 2.53. The van der Waals surface area contributed by atoms with Gasteiger partial charge in [-0.2, -0.15) is 0 Å². The molecule has 0 heteroatoms. The minimum absolute atomic E-state index is 0.576. The third kappa shape index (κ3) is 9.04. The first-order chi connectivity index (χ1) is 16.5. The van der Waals surface area contributed by atoms with E-state index in [9.17, 15) is 0 Å². The summed E-state index contributed by atoms with van der Waals surface area (Å²) in [7, 11) is 0. The third-order valence-electron chi connectivity index (χ3n) is 12.4. The Balaban J connectivity index is 0.000000202. The SMILES string of the molecule is CC1(C)CCC(C(C)(C)C2CCC(C)(C)CC2)CC1.CC1(C)CCC(CC2CCC(C)(C)CC2)CC1. The van der Waals surface area contributed by atoms with Crippen molar-refractivity contribution in [2.24, 2.45) is 50.7 Å². The van der Waals surface area contributed by atoms with Gasteiger partial charge in [-0.05, 0) is 160 Å². The van der Waals surface area contributed by atoms with Gasteiger partial charge in [0.25, 0.3) is 0 Å². The summed E-state index contributed by atoms with van der Waals surface area (Å²) in [6, 6.07) is 0. The molecule has 0 aliphatic heterocycles. The van der Waals surface area contributed by atoms with Crippen LogP contribution in [0.1, 0.15) is 178 Å². The van der Waals surface area contributed by atoms with Crippen LogP contribution in [0.25, 0.3) is 0 Å². The van der Waals surface area contributed by atoms with Crippen LogP contribution < -0.4 is 0 Å². The van der Waals surface area contributed by atoms with Crippen molar-refractivity contribution >= 4 is 0 Å². The highest BCUT2D eigenvalue weighted by Gasteiger charge is 2.42. The first kappa shape index (κ1) is 30.5. The molecule has 4 rings (SSSR count). The van der Waals surface area contributed by atoms with E-state index in [-0.39, 0.29) is 0 Å². The summed E-state index contributed by atoms with van der Waals surface area (Å²) >= 11 is 0. The summed E-state index contributed by atoms with van der Waals surface area (Å²) in [4.78, 5) is 0. The quantitative estimate of drug-likeness (QED) is 0.360. The van der Waals surface area contributed by atoms with E-state index in [1.807, 2.05) is 0 Å². The number of rotatable bonds is 4. The average molecular weight is 501 g/mol. The summed E-state index contributed by atoms with van der Waals surface area (Å²) in [5, 5.41) is 0. The summed E-state index contributed by atoms with van der Waals surface area (Å²) < 4.78 is 0. The second kappa shape index (κ2) is 11.6. The summed E-state index contributed by atoms with van der Waals surface area (Å²) in [5.41, 5.74) is 3.09. The molecule has 4 aliphatic carbocycles. The molecule has 0 spiro atoms. The van der Waals surface area contributed by atoms with E-state index in [1.165, 1.54) is 103 Å². The fourth-order valence-electron chi connectivity index (χ4n) is 8.48. The zero-order valence-electron chi connectivity index (χ0n) is 26.8. The lowest BCUT2D eigenvalue weighted by atomic mass is 9.56. The Kier molecular flexibility index (Phi) is 9.86. The van der Waals surface area contributed by atoms with Crippen LogP contribution in [0.3, 0.4) is 0 Å². The Bertz CT molecular complexity index is 578. The third-order valence-corrected chi connectivity index (χ3v) is 12.4.